The molecule has 10 nitrogen and oxygen atoms in total. The minimum atomic E-state index is -3.52. The van der Waals surface area contributed by atoms with E-state index in [0.29, 0.717) is 22.9 Å². The summed E-state index contributed by atoms with van der Waals surface area (Å²) in [6.07, 6.45) is 1.65. The molecule has 11 heteroatoms. The van der Waals surface area contributed by atoms with E-state index < -0.39 is 10.2 Å². The van der Waals surface area contributed by atoms with Crippen molar-refractivity contribution in [1.29, 1.82) is 0 Å². The van der Waals surface area contributed by atoms with Crippen LogP contribution in [0.4, 0.5) is 5.82 Å². The number of aromatic nitrogens is 4. The van der Waals surface area contributed by atoms with Gasteiger partial charge in [-0.15, -0.1) is 10.2 Å². The van der Waals surface area contributed by atoms with Gasteiger partial charge in [-0.2, -0.15) is 17.0 Å². The first kappa shape index (κ1) is 22.1. The van der Waals surface area contributed by atoms with Gasteiger partial charge in [-0.25, -0.2) is 4.98 Å². The van der Waals surface area contributed by atoms with Gasteiger partial charge in [0.1, 0.15) is 17.8 Å². The van der Waals surface area contributed by atoms with Gasteiger partial charge in [0.25, 0.3) is 16.1 Å². The van der Waals surface area contributed by atoms with Crippen LogP contribution in [0.15, 0.2) is 42.7 Å². The van der Waals surface area contributed by atoms with E-state index in [2.05, 4.69) is 20.5 Å². The summed E-state index contributed by atoms with van der Waals surface area (Å²) in [6.45, 7) is 4.57. The Bertz CT molecular complexity index is 1270. The van der Waals surface area contributed by atoms with Gasteiger partial charge in [-0.3, -0.25) is 4.79 Å². The molecule has 0 unspecified atom stereocenters. The number of carbonyl (C=O) groups excluding carboxylic acids is 1. The Balaban J connectivity index is 1.52. The maximum absolute atomic E-state index is 12.8. The first-order valence-electron chi connectivity index (χ1n) is 10.1. The standard InChI is InChI=1S/C21H25N7O3S/c1-14(2)28-13-22-25-20(28)18-6-5-7-19(23-18)24-21(29)15-8-9-16-11-27(12-17(16)10-15)32(30,31)26(3)4/h5-10,13-14H,11-12H2,1-4H3,(H,23,24,29). The number of fused-ring (bicyclic) bond motifs is 1. The van der Waals surface area contributed by atoms with Gasteiger partial charge in [0.15, 0.2) is 5.82 Å². The van der Waals surface area contributed by atoms with Gasteiger partial charge in [-0.1, -0.05) is 12.1 Å². The number of rotatable bonds is 6. The molecule has 32 heavy (non-hydrogen) atoms. The highest BCUT2D eigenvalue weighted by molar-refractivity contribution is 7.86. The van der Waals surface area contributed by atoms with Gasteiger partial charge in [-0.05, 0) is 49.2 Å². The number of hydrogen-bond donors (Lipinski definition) is 1. The van der Waals surface area contributed by atoms with Crippen molar-refractivity contribution in [2.24, 2.45) is 0 Å². The molecule has 3 heterocycles. The summed E-state index contributed by atoms with van der Waals surface area (Å²) in [5, 5.41) is 10.9. The normalized spacial score (nSPS) is 14.2. The highest BCUT2D eigenvalue weighted by atomic mass is 32.2. The largest absolute Gasteiger partial charge is 0.310 e. The number of hydrogen-bond acceptors (Lipinski definition) is 6. The molecule has 0 saturated carbocycles. The molecule has 4 rings (SSSR count). The van der Waals surface area contributed by atoms with Gasteiger partial charge < -0.3 is 9.88 Å². The summed E-state index contributed by atoms with van der Waals surface area (Å²) < 4.78 is 29.3. The number of benzene rings is 1. The van der Waals surface area contributed by atoms with Crippen LogP contribution >= 0.6 is 0 Å². The van der Waals surface area contributed by atoms with Crippen molar-refractivity contribution >= 4 is 21.9 Å². The number of pyridine rings is 1. The van der Waals surface area contributed by atoms with E-state index in [-0.39, 0.29) is 25.0 Å². The highest BCUT2D eigenvalue weighted by Gasteiger charge is 2.31. The summed E-state index contributed by atoms with van der Waals surface area (Å²) in [4.78, 5) is 17.4. The minimum absolute atomic E-state index is 0.169. The van der Waals surface area contributed by atoms with Crippen molar-refractivity contribution in [3.8, 4) is 11.5 Å². The van der Waals surface area contributed by atoms with Crippen LogP contribution in [0.2, 0.25) is 0 Å². The molecule has 1 aliphatic heterocycles. The predicted octanol–water partition coefficient (Wildman–Crippen LogP) is 2.30. The predicted molar refractivity (Wildman–Crippen MR) is 120 cm³/mol. The molecule has 1 aromatic carbocycles. The molecule has 1 N–H and O–H groups in total. The third-order valence-electron chi connectivity index (χ3n) is 5.30. The Hall–Kier alpha value is -3.15. The fourth-order valence-corrected chi connectivity index (χ4v) is 4.59. The van der Waals surface area contributed by atoms with E-state index in [4.69, 9.17) is 0 Å². The van der Waals surface area contributed by atoms with Crippen LogP contribution in [0.25, 0.3) is 11.5 Å². The summed E-state index contributed by atoms with van der Waals surface area (Å²) in [5.74, 6) is 0.690. The number of amides is 1. The molecule has 0 atom stereocenters. The third-order valence-corrected chi connectivity index (χ3v) is 7.13. The Kier molecular flexibility index (Phi) is 5.80. The average Bonchev–Trinajstić information content (AvgIpc) is 3.41. The lowest BCUT2D eigenvalue weighted by Gasteiger charge is -2.20. The molecule has 0 aliphatic carbocycles. The summed E-state index contributed by atoms with van der Waals surface area (Å²) in [7, 11) is -0.515. The monoisotopic (exact) mass is 455 g/mol. The zero-order chi connectivity index (χ0) is 23.0. The van der Waals surface area contributed by atoms with Crippen LogP contribution in [0.3, 0.4) is 0 Å². The minimum Gasteiger partial charge on any atom is -0.310 e. The topological polar surface area (TPSA) is 113 Å². The molecule has 1 aliphatic rings. The second kappa shape index (κ2) is 8.41. The fraction of sp³-hybridized carbons (Fsp3) is 0.333. The first-order chi connectivity index (χ1) is 15.2. The van der Waals surface area contributed by atoms with Crippen LogP contribution in [0.5, 0.6) is 0 Å². The second-order valence-electron chi connectivity index (χ2n) is 8.06. The van der Waals surface area contributed by atoms with Gasteiger partial charge >= 0.3 is 0 Å². The van der Waals surface area contributed by atoms with Crippen molar-refractivity contribution in [2.75, 3.05) is 19.4 Å². The Morgan fingerprint density at radius 2 is 1.88 bits per heavy atom. The third kappa shape index (κ3) is 4.14. The lowest BCUT2D eigenvalue weighted by atomic mass is 10.1. The van der Waals surface area contributed by atoms with E-state index in [0.717, 1.165) is 11.1 Å². The van der Waals surface area contributed by atoms with Gasteiger partial charge in [0.2, 0.25) is 0 Å². The zero-order valence-electron chi connectivity index (χ0n) is 18.3. The van der Waals surface area contributed by atoms with Crippen molar-refractivity contribution in [2.45, 2.75) is 33.0 Å². The molecular weight excluding hydrogens is 430 g/mol. The molecule has 168 valence electrons. The second-order valence-corrected chi connectivity index (χ2v) is 10.2. The maximum Gasteiger partial charge on any atom is 0.282 e. The maximum atomic E-state index is 12.8. The van der Waals surface area contributed by atoms with Gasteiger partial charge in [0.05, 0.1) is 0 Å². The van der Waals surface area contributed by atoms with Crippen molar-refractivity contribution in [1.82, 2.24) is 28.4 Å². The molecule has 0 fully saturated rings. The summed E-state index contributed by atoms with van der Waals surface area (Å²) >= 11 is 0. The van der Waals surface area contributed by atoms with E-state index in [9.17, 15) is 13.2 Å². The van der Waals surface area contributed by atoms with E-state index in [1.54, 1.807) is 36.7 Å². The lowest BCUT2D eigenvalue weighted by molar-refractivity contribution is 0.102. The average molecular weight is 456 g/mol. The van der Waals surface area contributed by atoms with Crippen molar-refractivity contribution < 1.29 is 13.2 Å². The quantitative estimate of drug-likeness (QED) is 0.610. The molecule has 0 radical (unpaired) electrons. The van der Waals surface area contributed by atoms with E-state index in [1.807, 2.05) is 24.5 Å². The lowest BCUT2D eigenvalue weighted by Crippen LogP contribution is -2.36. The molecule has 0 saturated heterocycles. The number of nitrogens with one attached hydrogen (secondary N) is 1. The first-order valence-corrected chi connectivity index (χ1v) is 11.5. The summed E-state index contributed by atoms with van der Waals surface area (Å²) in [5.41, 5.74) is 2.74. The number of anilines is 1. The molecular formula is C21H25N7O3S. The SMILES string of the molecule is CC(C)n1cnnc1-c1cccc(NC(=O)c2ccc3c(c2)CN(S(=O)(=O)N(C)C)C3)n1. The Labute approximate surface area is 187 Å². The van der Waals surface area contributed by atoms with E-state index >= 15 is 0 Å². The summed E-state index contributed by atoms with van der Waals surface area (Å²) in [6, 6.07) is 10.7. The van der Waals surface area contributed by atoms with Crippen LogP contribution in [0, 0.1) is 0 Å². The van der Waals surface area contributed by atoms with Crippen LogP contribution < -0.4 is 5.32 Å². The number of nitrogens with zero attached hydrogens (tertiary/aromatic N) is 6. The zero-order valence-corrected chi connectivity index (χ0v) is 19.2. The van der Waals surface area contributed by atoms with Crippen LogP contribution in [0.1, 0.15) is 41.4 Å². The molecule has 3 aromatic rings. The van der Waals surface area contributed by atoms with E-state index in [1.165, 1.54) is 22.7 Å². The van der Waals surface area contributed by atoms with Crippen molar-refractivity contribution in [3.05, 3.63) is 59.4 Å². The smallest absolute Gasteiger partial charge is 0.282 e. The van der Waals surface area contributed by atoms with Gasteiger partial charge in [0, 0.05) is 38.8 Å². The molecule has 0 spiro atoms. The fourth-order valence-electron chi connectivity index (χ4n) is 3.52. The van der Waals surface area contributed by atoms with Crippen molar-refractivity contribution in [3.63, 3.8) is 0 Å². The number of carbonyl (C=O) groups is 1. The Morgan fingerprint density at radius 1 is 1.12 bits per heavy atom. The van der Waals surface area contributed by atoms with Crippen LogP contribution in [-0.2, 0) is 23.3 Å². The molecule has 1 amide bonds. The highest BCUT2D eigenvalue weighted by Crippen LogP contribution is 2.27. The van der Waals surface area contributed by atoms with Crippen LogP contribution in [-0.4, -0.2) is 56.8 Å². The molecule has 2 aromatic heterocycles. The molecule has 0 bridgehead atoms. The Morgan fingerprint density at radius 3 is 2.59 bits per heavy atom.